The number of nitrogens with one attached hydrogen (secondary N) is 1. The van der Waals surface area contributed by atoms with Crippen molar-refractivity contribution in [3.05, 3.63) is 0 Å². The van der Waals surface area contributed by atoms with Crippen molar-refractivity contribution in [1.82, 2.24) is 15.1 Å². The van der Waals surface area contributed by atoms with Crippen molar-refractivity contribution in [2.45, 2.75) is 70.5 Å². The van der Waals surface area contributed by atoms with E-state index in [2.05, 4.69) is 29.0 Å². The van der Waals surface area contributed by atoms with Gasteiger partial charge in [-0.1, -0.05) is 19.8 Å². The molecule has 0 bridgehead atoms. The van der Waals surface area contributed by atoms with Crippen LogP contribution in [0.25, 0.3) is 0 Å². The molecular weight excluding hydrogens is 246 g/mol. The lowest BCUT2D eigenvalue weighted by molar-refractivity contribution is 0.0471. The summed E-state index contributed by atoms with van der Waals surface area (Å²) in [6.07, 6.45) is 8.67. The first-order chi connectivity index (χ1) is 9.78. The summed E-state index contributed by atoms with van der Waals surface area (Å²) in [7, 11) is 0. The van der Waals surface area contributed by atoms with E-state index in [1.807, 2.05) is 0 Å². The molecule has 2 aliphatic heterocycles. The molecule has 0 spiro atoms. The fraction of sp³-hybridized carbons (Fsp3) is 1.00. The number of likely N-dealkylation sites (N-methyl/N-ethyl adjacent to an activating group) is 1. The van der Waals surface area contributed by atoms with Gasteiger partial charge in [0.15, 0.2) is 0 Å². The van der Waals surface area contributed by atoms with E-state index in [1.165, 1.54) is 64.7 Å². The molecule has 116 valence electrons. The Morgan fingerprint density at radius 1 is 1.10 bits per heavy atom. The quantitative estimate of drug-likeness (QED) is 0.833. The van der Waals surface area contributed by atoms with E-state index in [1.54, 1.807) is 0 Å². The molecule has 1 N–H and O–H groups in total. The molecule has 1 saturated carbocycles. The Bertz CT molecular complexity index is 301. The van der Waals surface area contributed by atoms with Crippen molar-refractivity contribution in [1.29, 1.82) is 0 Å². The fourth-order valence-electron chi connectivity index (χ4n) is 4.76. The summed E-state index contributed by atoms with van der Waals surface area (Å²) in [6.45, 7) is 11.1. The molecule has 3 nitrogen and oxygen atoms in total. The Morgan fingerprint density at radius 3 is 2.65 bits per heavy atom. The lowest BCUT2D eigenvalue weighted by Gasteiger charge is -2.44. The van der Waals surface area contributed by atoms with Crippen LogP contribution < -0.4 is 5.32 Å². The lowest BCUT2D eigenvalue weighted by Crippen LogP contribution is -2.58. The van der Waals surface area contributed by atoms with Crippen molar-refractivity contribution in [2.24, 2.45) is 5.92 Å². The van der Waals surface area contributed by atoms with E-state index in [-0.39, 0.29) is 0 Å². The van der Waals surface area contributed by atoms with Crippen LogP contribution in [0.5, 0.6) is 0 Å². The molecule has 0 aromatic rings. The average Bonchev–Trinajstić information content (AvgIpc) is 3.08. The smallest absolute Gasteiger partial charge is 0.0224 e. The number of fused-ring (bicyclic) bond motifs is 1. The molecule has 1 aliphatic carbocycles. The molecule has 20 heavy (non-hydrogen) atoms. The second-order valence-electron chi connectivity index (χ2n) is 7.30. The SMILES string of the molecule is CCNC(CN1CC2CCCN2CC1C)C1CCCC1. The number of nitrogens with zero attached hydrogens (tertiary/aromatic N) is 2. The summed E-state index contributed by atoms with van der Waals surface area (Å²) in [5.41, 5.74) is 0. The highest BCUT2D eigenvalue weighted by Gasteiger charge is 2.36. The summed E-state index contributed by atoms with van der Waals surface area (Å²) < 4.78 is 0. The fourth-order valence-corrected chi connectivity index (χ4v) is 4.76. The first-order valence-electron chi connectivity index (χ1n) is 8.99. The van der Waals surface area contributed by atoms with Crippen molar-refractivity contribution in [3.8, 4) is 0 Å². The van der Waals surface area contributed by atoms with Gasteiger partial charge in [-0.2, -0.15) is 0 Å². The molecular formula is C17H33N3. The Hall–Kier alpha value is -0.120. The second kappa shape index (κ2) is 6.76. The van der Waals surface area contributed by atoms with Crippen molar-refractivity contribution in [3.63, 3.8) is 0 Å². The van der Waals surface area contributed by atoms with Gasteiger partial charge >= 0.3 is 0 Å². The molecule has 3 heteroatoms. The van der Waals surface area contributed by atoms with Gasteiger partial charge in [0.1, 0.15) is 0 Å². The van der Waals surface area contributed by atoms with Crippen LogP contribution in [0.15, 0.2) is 0 Å². The maximum Gasteiger partial charge on any atom is 0.0224 e. The summed E-state index contributed by atoms with van der Waals surface area (Å²) in [5.74, 6) is 0.934. The van der Waals surface area contributed by atoms with Crippen LogP contribution in [0.2, 0.25) is 0 Å². The Kier molecular flexibility index (Phi) is 5.00. The highest BCUT2D eigenvalue weighted by atomic mass is 15.3. The van der Waals surface area contributed by atoms with Gasteiger partial charge in [-0.05, 0) is 51.6 Å². The standard InChI is InChI=1S/C17H33N3/c1-3-18-17(15-7-4-5-8-15)13-20-12-16-9-6-10-19(16)11-14(20)2/h14-18H,3-13H2,1-2H3. The predicted octanol–water partition coefficient (Wildman–Crippen LogP) is 2.32. The molecule has 0 radical (unpaired) electrons. The summed E-state index contributed by atoms with van der Waals surface area (Å²) in [4.78, 5) is 5.52. The van der Waals surface area contributed by atoms with Gasteiger partial charge in [0, 0.05) is 37.8 Å². The van der Waals surface area contributed by atoms with E-state index in [9.17, 15) is 0 Å². The number of rotatable bonds is 5. The molecule has 3 atom stereocenters. The Morgan fingerprint density at radius 2 is 1.90 bits per heavy atom. The van der Waals surface area contributed by atoms with Crippen LogP contribution in [0.4, 0.5) is 0 Å². The minimum Gasteiger partial charge on any atom is -0.313 e. The number of hydrogen-bond acceptors (Lipinski definition) is 3. The van der Waals surface area contributed by atoms with Crippen LogP contribution in [0.3, 0.4) is 0 Å². The zero-order valence-corrected chi connectivity index (χ0v) is 13.5. The van der Waals surface area contributed by atoms with Gasteiger partial charge < -0.3 is 5.32 Å². The largest absolute Gasteiger partial charge is 0.313 e. The summed E-state index contributed by atoms with van der Waals surface area (Å²) in [5, 5.41) is 3.80. The molecule has 3 unspecified atom stereocenters. The van der Waals surface area contributed by atoms with Crippen molar-refractivity contribution < 1.29 is 0 Å². The third-order valence-electron chi connectivity index (χ3n) is 5.93. The van der Waals surface area contributed by atoms with Crippen LogP contribution in [-0.4, -0.2) is 60.6 Å². The molecule has 0 aromatic heterocycles. The molecule has 3 rings (SSSR count). The van der Waals surface area contributed by atoms with E-state index in [0.29, 0.717) is 0 Å². The van der Waals surface area contributed by atoms with Crippen molar-refractivity contribution in [2.75, 3.05) is 32.7 Å². The van der Waals surface area contributed by atoms with Gasteiger partial charge in [0.2, 0.25) is 0 Å². The summed E-state index contributed by atoms with van der Waals surface area (Å²) in [6, 6.07) is 2.34. The minimum atomic E-state index is 0.734. The molecule has 2 heterocycles. The molecule has 0 aromatic carbocycles. The minimum absolute atomic E-state index is 0.734. The van der Waals surface area contributed by atoms with Gasteiger partial charge in [0.25, 0.3) is 0 Å². The average molecular weight is 279 g/mol. The van der Waals surface area contributed by atoms with Gasteiger partial charge in [-0.15, -0.1) is 0 Å². The highest BCUT2D eigenvalue weighted by Crippen LogP contribution is 2.30. The topological polar surface area (TPSA) is 18.5 Å². The lowest BCUT2D eigenvalue weighted by atomic mass is 9.96. The van der Waals surface area contributed by atoms with Crippen LogP contribution in [-0.2, 0) is 0 Å². The normalized spacial score (nSPS) is 34.5. The first kappa shape index (κ1) is 14.8. The maximum absolute atomic E-state index is 3.80. The first-order valence-corrected chi connectivity index (χ1v) is 8.99. The highest BCUT2D eigenvalue weighted by molar-refractivity contribution is 4.93. The molecule has 3 fully saturated rings. The van der Waals surface area contributed by atoms with Crippen LogP contribution in [0.1, 0.15) is 52.4 Å². The summed E-state index contributed by atoms with van der Waals surface area (Å²) >= 11 is 0. The number of piperazine rings is 1. The Labute approximate surface area is 125 Å². The third kappa shape index (κ3) is 3.20. The van der Waals surface area contributed by atoms with Crippen LogP contribution in [0, 0.1) is 5.92 Å². The van der Waals surface area contributed by atoms with E-state index in [4.69, 9.17) is 0 Å². The Balaban J connectivity index is 1.58. The maximum atomic E-state index is 3.80. The van der Waals surface area contributed by atoms with E-state index in [0.717, 1.165) is 30.6 Å². The molecule has 3 aliphatic rings. The third-order valence-corrected chi connectivity index (χ3v) is 5.93. The van der Waals surface area contributed by atoms with E-state index < -0.39 is 0 Å². The monoisotopic (exact) mass is 279 g/mol. The van der Waals surface area contributed by atoms with Crippen LogP contribution >= 0.6 is 0 Å². The number of hydrogen-bond donors (Lipinski definition) is 1. The zero-order chi connectivity index (χ0) is 13.9. The zero-order valence-electron chi connectivity index (χ0n) is 13.5. The van der Waals surface area contributed by atoms with Gasteiger partial charge in [0.05, 0.1) is 0 Å². The molecule has 2 saturated heterocycles. The molecule has 0 amide bonds. The van der Waals surface area contributed by atoms with Gasteiger partial charge in [-0.3, -0.25) is 9.80 Å². The second-order valence-corrected chi connectivity index (χ2v) is 7.30. The predicted molar refractivity (Wildman–Crippen MR) is 85.1 cm³/mol. The van der Waals surface area contributed by atoms with Gasteiger partial charge in [-0.25, -0.2) is 0 Å². The van der Waals surface area contributed by atoms with E-state index >= 15 is 0 Å². The van der Waals surface area contributed by atoms with Crippen molar-refractivity contribution >= 4 is 0 Å².